The van der Waals surface area contributed by atoms with Gasteiger partial charge in [0.1, 0.15) is 5.60 Å². The lowest BCUT2D eigenvalue weighted by Gasteiger charge is -2.28. The fraction of sp³-hybridized carbons (Fsp3) is 0.917. The molecule has 100 valence electrons. The molecule has 1 saturated heterocycles. The van der Waals surface area contributed by atoms with Crippen LogP contribution in [-0.2, 0) is 4.74 Å². The van der Waals surface area contributed by atoms with E-state index in [4.69, 9.17) is 10.5 Å². The summed E-state index contributed by atoms with van der Waals surface area (Å²) in [5.41, 5.74) is 5.10. The smallest absolute Gasteiger partial charge is 0.410 e. The van der Waals surface area contributed by atoms with E-state index in [1.54, 1.807) is 4.90 Å². The van der Waals surface area contributed by atoms with E-state index < -0.39 is 5.60 Å². The standard InChI is InChI=1S/C12H25N3O2/c1-12(2,3)17-11(16)14(4)10-5-7-15(9-10)8-6-13/h10H,5-9,13H2,1-4H3/t10-/m0/s1. The minimum absolute atomic E-state index is 0.239. The van der Waals surface area contributed by atoms with E-state index in [9.17, 15) is 4.79 Å². The number of amides is 1. The lowest BCUT2D eigenvalue weighted by atomic mass is 10.2. The van der Waals surface area contributed by atoms with Crippen molar-refractivity contribution in [3.05, 3.63) is 0 Å². The lowest BCUT2D eigenvalue weighted by Crippen LogP contribution is -2.42. The third kappa shape index (κ3) is 4.52. The van der Waals surface area contributed by atoms with E-state index in [0.29, 0.717) is 6.54 Å². The van der Waals surface area contributed by atoms with E-state index in [2.05, 4.69) is 4.90 Å². The van der Waals surface area contributed by atoms with Gasteiger partial charge in [-0.3, -0.25) is 4.90 Å². The molecule has 0 aromatic rings. The number of rotatable bonds is 3. The maximum Gasteiger partial charge on any atom is 0.410 e. The van der Waals surface area contributed by atoms with Crippen LogP contribution in [-0.4, -0.2) is 60.8 Å². The summed E-state index contributed by atoms with van der Waals surface area (Å²) < 4.78 is 5.35. The SMILES string of the molecule is CN(C(=O)OC(C)(C)C)[C@H]1CCN(CCN)C1. The van der Waals surface area contributed by atoms with Crippen molar-refractivity contribution in [2.24, 2.45) is 5.73 Å². The van der Waals surface area contributed by atoms with Crippen LogP contribution in [0.25, 0.3) is 0 Å². The normalized spacial score (nSPS) is 21.6. The quantitative estimate of drug-likeness (QED) is 0.799. The zero-order valence-electron chi connectivity index (χ0n) is 11.4. The van der Waals surface area contributed by atoms with Gasteiger partial charge in [-0.05, 0) is 27.2 Å². The highest BCUT2D eigenvalue weighted by Crippen LogP contribution is 2.17. The number of carbonyl (C=O) groups is 1. The molecule has 1 amide bonds. The fourth-order valence-electron chi connectivity index (χ4n) is 2.00. The molecule has 5 nitrogen and oxygen atoms in total. The monoisotopic (exact) mass is 243 g/mol. The fourth-order valence-corrected chi connectivity index (χ4v) is 2.00. The molecule has 0 aromatic heterocycles. The maximum absolute atomic E-state index is 11.9. The highest BCUT2D eigenvalue weighted by molar-refractivity contribution is 5.68. The van der Waals surface area contributed by atoms with E-state index in [1.807, 2.05) is 27.8 Å². The van der Waals surface area contributed by atoms with Crippen LogP contribution >= 0.6 is 0 Å². The van der Waals surface area contributed by atoms with Crippen LogP contribution in [0.1, 0.15) is 27.2 Å². The van der Waals surface area contributed by atoms with Gasteiger partial charge in [0.05, 0.1) is 0 Å². The minimum Gasteiger partial charge on any atom is -0.444 e. The Morgan fingerprint density at radius 3 is 2.71 bits per heavy atom. The van der Waals surface area contributed by atoms with Crippen LogP contribution in [0.5, 0.6) is 0 Å². The van der Waals surface area contributed by atoms with Gasteiger partial charge in [0, 0.05) is 39.3 Å². The molecule has 0 spiro atoms. The van der Waals surface area contributed by atoms with Crippen molar-refractivity contribution in [2.45, 2.75) is 38.8 Å². The van der Waals surface area contributed by atoms with Gasteiger partial charge in [0.15, 0.2) is 0 Å². The second-order valence-corrected chi connectivity index (χ2v) is 5.62. The number of likely N-dealkylation sites (tertiary alicyclic amines) is 1. The molecular weight excluding hydrogens is 218 g/mol. The summed E-state index contributed by atoms with van der Waals surface area (Å²) in [5.74, 6) is 0. The number of hydrogen-bond acceptors (Lipinski definition) is 4. The summed E-state index contributed by atoms with van der Waals surface area (Å²) in [6, 6.07) is 0.247. The number of nitrogens with two attached hydrogens (primary N) is 1. The molecule has 0 unspecified atom stereocenters. The van der Waals surface area contributed by atoms with E-state index >= 15 is 0 Å². The van der Waals surface area contributed by atoms with Gasteiger partial charge < -0.3 is 15.4 Å². The highest BCUT2D eigenvalue weighted by Gasteiger charge is 2.30. The Morgan fingerprint density at radius 1 is 1.53 bits per heavy atom. The zero-order chi connectivity index (χ0) is 13.1. The Bertz CT molecular complexity index is 263. The molecule has 1 heterocycles. The summed E-state index contributed by atoms with van der Waals surface area (Å²) in [4.78, 5) is 15.9. The molecule has 0 aliphatic carbocycles. The number of hydrogen-bond donors (Lipinski definition) is 1. The molecule has 2 N–H and O–H groups in total. The Hall–Kier alpha value is -0.810. The molecule has 1 aliphatic heterocycles. The summed E-state index contributed by atoms with van der Waals surface area (Å²) in [5, 5.41) is 0. The third-order valence-corrected chi connectivity index (χ3v) is 2.92. The van der Waals surface area contributed by atoms with Crippen LogP contribution in [0.4, 0.5) is 4.79 Å². The highest BCUT2D eigenvalue weighted by atomic mass is 16.6. The van der Waals surface area contributed by atoms with Crippen molar-refractivity contribution in [1.82, 2.24) is 9.80 Å². The molecule has 0 radical (unpaired) electrons. The summed E-state index contributed by atoms with van der Waals surface area (Å²) >= 11 is 0. The molecule has 1 aliphatic rings. The summed E-state index contributed by atoms with van der Waals surface area (Å²) in [7, 11) is 1.81. The first-order valence-electron chi connectivity index (χ1n) is 6.21. The first-order chi connectivity index (χ1) is 7.83. The molecule has 17 heavy (non-hydrogen) atoms. The first-order valence-corrected chi connectivity index (χ1v) is 6.21. The van der Waals surface area contributed by atoms with Gasteiger partial charge in [0.25, 0.3) is 0 Å². The van der Waals surface area contributed by atoms with Gasteiger partial charge in [-0.2, -0.15) is 0 Å². The van der Waals surface area contributed by atoms with E-state index in [1.165, 1.54) is 0 Å². The maximum atomic E-state index is 11.9. The molecule has 1 rings (SSSR count). The number of nitrogens with zero attached hydrogens (tertiary/aromatic N) is 2. The zero-order valence-corrected chi connectivity index (χ0v) is 11.4. The number of likely N-dealkylation sites (N-methyl/N-ethyl adjacent to an activating group) is 1. The van der Waals surface area contributed by atoms with E-state index in [-0.39, 0.29) is 12.1 Å². The van der Waals surface area contributed by atoms with Gasteiger partial charge in [-0.25, -0.2) is 4.79 Å². The summed E-state index contributed by atoms with van der Waals surface area (Å²) in [6.45, 7) is 9.12. The molecule has 0 saturated carbocycles. The first kappa shape index (κ1) is 14.3. The van der Waals surface area contributed by atoms with Crippen LogP contribution < -0.4 is 5.73 Å². The van der Waals surface area contributed by atoms with Gasteiger partial charge >= 0.3 is 6.09 Å². The molecule has 1 fully saturated rings. The Labute approximate surface area is 104 Å². The second-order valence-electron chi connectivity index (χ2n) is 5.62. The van der Waals surface area contributed by atoms with Crippen molar-refractivity contribution < 1.29 is 9.53 Å². The van der Waals surface area contributed by atoms with Crippen molar-refractivity contribution in [1.29, 1.82) is 0 Å². The Balaban J connectivity index is 2.43. The van der Waals surface area contributed by atoms with Crippen molar-refractivity contribution >= 4 is 6.09 Å². The largest absolute Gasteiger partial charge is 0.444 e. The topological polar surface area (TPSA) is 58.8 Å². The average molecular weight is 243 g/mol. The molecule has 0 bridgehead atoms. The third-order valence-electron chi connectivity index (χ3n) is 2.92. The summed E-state index contributed by atoms with van der Waals surface area (Å²) in [6.07, 6.45) is 0.757. The predicted molar refractivity (Wildman–Crippen MR) is 67.9 cm³/mol. The minimum atomic E-state index is -0.430. The van der Waals surface area contributed by atoms with Gasteiger partial charge in [-0.15, -0.1) is 0 Å². The van der Waals surface area contributed by atoms with Gasteiger partial charge in [-0.1, -0.05) is 0 Å². The predicted octanol–water partition coefficient (Wildman–Crippen LogP) is 0.886. The number of ether oxygens (including phenoxy) is 1. The van der Waals surface area contributed by atoms with Crippen LogP contribution in [0.15, 0.2) is 0 Å². The van der Waals surface area contributed by atoms with E-state index in [0.717, 1.165) is 26.1 Å². The van der Waals surface area contributed by atoms with Gasteiger partial charge in [0.2, 0.25) is 0 Å². The molecule has 0 aromatic carbocycles. The molecule has 5 heteroatoms. The molecule has 1 atom stereocenters. The Morgan fingerprint density at radius 2 is 2.18 bits per heavy atom. The van der Waals surface area contributed by atoms with Crippen molar-refractivity contribution in [2.75, 3.05) is 33.2 Å². The van der Waals surface area contributed by atoms with Crippen molar-refractivity contribution in [3.63, 3.8) is 0 Å². The second kappa shape index (κ2) is 5.69. The van der Waals surface area contributed by atoms with Crippen molar-refractivity contribution in [3.8, 4) is 0 Å². The lowest BCUT2D eigenvalue weighted by molar-refractivity contribution is 0.0229. The van der Waals surface area contributed by atoms with Crippen LogP contribution in [0.3, 0.4) is 0 Å². The Kier molecular flexibility index (Phi) is 4.77. The molecular formula is C12H25N3O2. The van der Waals surface area contributed by atoms with Crippen LogP contribution in [0.2, 0.25) is 0 Å². The number of carbonyl (C=O) groups excluding carboxylic acids is 1. The van der Waals surface area contributed by atoms with Crippen LogP contribution in [0, 0.1) is 0 Å². The average Bonchev–Trinajstić information content (AvgIpc) is 2.63.